The SMILES string of the molecule is CC1CC(OCC(F)(F)C(F)(F)F)C(N)c2ccccc21. The molecule has 1 aliphatic carbocycles. The standard InChI is InChI=1S/C14H16F5NO/c1-8-6-11(21-7-13(15,16)14(17,18)19)12(20)10-5-3-2-4-9(8)10/h2-5,8,11-12H,6-7,20H2,1H3. The van der Waals surface area contributed by atoms with Crippen LogP contribution < -0.4 is 5.73 Å². The van der Waals surface area contributed by atoms with Gasteiger partial charge < -0.3 is 10.5 Å². The van der Waals surface area contributed by atoms with Gasteiger partial charge in [0.25, 0.3) is 0 Å². The molecule has 1 aromatic rings. The van der Waals surface area contributed by atoms with Crippen LogP contribution in [0.2, 0.25) is 0 Å². The third kappa shape index (κ3) is 3.18. The molecule has 21 heavy (non-hydrogen) atoms. The molecule has 0 bridgehead atoms. The molecule has 118 valence electrons. The predicted octanol–water partition coefficient (Wildman–Crippen LogP) is 3.78. The number of ether oxygens (including phenoxy) is 1. The first-order valence-electron chi connectivity index (χ1n) is 6.54. The van der Waals surface area contributed by atoms with E-state index < -0.39 is 30.9 Å². The zero-order valence-electron chi connectivity index (χ0n) is 11.3. The Morgan fingerprint density at radius 3 is 2.29 bits per heavy atom. The van der Waals surface area contributed by atoms with Crippen LogP contribution in [0.1, 0.15) is 36.4 Å². The minimum absolute atomic E-state index is 0.00879. The minimum Gasteiger partial charge on any atom is -0.370 e. The lowest BCUT2D eigenvalue weighted by atomic mass is 9.79. The van der Waals surface area contributed by atoms with Crippen molar-refractivity contribution in [1.82, 2.24) is 0 Å². The highest BCUT2D eigenvalue weighted by molar-refractivity contribution is 5.35. The summed E-state index contributed by atoms with van der Waals surface area (Å²) in [6, 6.07) is 6.49. The molecule has 0 spiro atoms. The fourth-order valence-electron chi connectivity index (χ4n) is 2.55. The molecule has 0 heterocycles. The van der Waals surface area contributed by atoms with Crippen molar-refractivity contribution in [2.75, 3.05) is 6.61 Å². The second-order valence-electron chi connectivity index (χ2n) is 5.34. The molecular weight excluding hydrogens is 293 g/mol. The third-order valence-corrected chi connectivity index (χ3v) is 3.77. The Morgan fingerprint density at radius 1 is 1.14 bits per heavy atom. The highest BCUT2D eigenvalue weighted by Crippen LogP contribution is 2.40. The van der Waals surface area contributed by atoms with Crippen LogP contribution in [0.15, 0.2) is 24.3 Å². The van der Waals surface area contributed by atoms with Crippen molar-refractivity contribution in [3.8, 4) is 0 Å². The smallest absolute Gasteiger partial charge is 0.370 e. The van der Waals surface area contributed by atoms with Gasteiger partial charge in [0.2, 0.25) is 0 Å². The summed E-state index contributed by atoms with van der Waals surface area (Å²) >= 11 is 0. The van der Waals surface area contributed by atoms with Gasteiger partial charge in [-0.1, -0.05) is 31.2 Å². The van der Waals surface area contributed by atoms with E-state index in [1.807, 2.05) is 19.1 Å². The number of hydrogen-bond acceptors (Lipinski definition) is 2. The zero-order chi connectivity index (χ0) is 15.8. The van der Waals surface area contributed by atoms with Gasteiger partial charge in [-0.05, 0) is 23.5 Å². The lowest BCUT2D eigenvalue weighted by Gasteiger charge is -2.35. The Kier molecular flexibility index (Phi) is 4.26. The third-order valence-electron chi connectivity index (χ3n) is 3.77. The number of rotatable bonds is 3. The molecular formula is C14H16F5NO. The Labute approximate surface area is 119 Å². The van der Waals surface area contributed by atoms with Gasteiger partial charge >= 0.3 is 12.1 Å². The molecule has 3 atom stereocenters. The lowest BCUT2D eigenvalue weighted by molar-refractivity contribution is -0.300. The van der Waals surface area contributed by atoms with E-state index in [1.165, 1.54) is 0 Å². The molecule has 0 amide bonds. The summed E-state index contributed by atoms with van der Waals surface area (Å²) in [7, 11) is 0. The van der Waals surface area contributed by atoms with Crippen molar-refractivity contribution in [3.05, 3.63) is 35.4 Å². The summed E-state index contributed by atoms with van der Waals surface area (Å²) in [5, 5.41) is 0. The number of halogens is 5. The number of hydrogen-bond donors (Lipinski definition) is 1. The summed E-state index contributed by atoms with van der Waals surface area (Å²) in [6.45, 7) is 0.159. The van der Waals surface area contributed by atoms with E-state index in [4.69, 9.17) is 10.5 Å². The van der Waals surface area contributed by atoms with Crippen LogP contribution >= 0.6 is 0 Å². The van der Waals surface area contributed by atoms with Crippen LogP contribution in [-0.4, -0.2) is 24.8 Å². The molecule has 1 aliphatic rings. The van der Waals surface area contributed by atoms with E-state index in [9.17, 15) is 22.0 Å². The van der Waals surface area contributed by atoms with E-state index >= 15 is 0 Å². The summed E-state index contributed by atoms with van der Waals surface area (Å²) in [5.74, 6) is -4.88. The van der Waals surface area contributed by atoms with Gasteiger partial charge in [0, 0.05) is 0 Å². The van der Waals surface area contributed by atoms with Crippen molar-refractivity contribution < 1.29 is 26.7 Å². The molecule has 0 fully saturated rings. The van der Waals surface area contributed by atoms with Gasteiger partial charge in [-0.3, -0.25) is 0 Å². The van der Waals surface area contributed by atoms with Crippen LogP contribution in [0.5, 0.6) is 0 Å². The molecule has 2 rings (SSSR count). The van der Waals surface area contributed by atoms with Gasteiger partial charge in [0.1, 0.15) is 6.61 Å². The average molecular weight is 309 g/mol. The molecule has 0 radical (unpaired) electrons. The van der Waals surface area contributed by atoms with Crippen LogP contribution in [0, 0.1) is 0 Å². The van der Waals surface area contributed by atoms with Crippen molar-refractivity contribution in [1.29, 1.82) is 0 Å². The first-order valence-corrected chi connectivity index (χ1v) is 6.54. The first kappa shape index (κ1) is 16.2. The van der Waals surface area contributed by atoms with Gasteiger partial charge in [0.05, 0.1) is 12.1 Å². The van der Waals surface area contributed by atoms with Crippen molar-refractivity contribution in [2.45, 2.75) is 43.5 Å². The summed E-state index contributed by atoms with van der Waals surface area (Å²) in [6.07, 6.45) is -6.16. The second-order valence-corrected chi connectivity index (χ2v) is 5.34. The van der Waals surface area contributed by atoms with E-state index in [0.717, 1.165) is 11.1 Å². The van der Waals surface area contributed by atoms with Crippen LogP contribution in [0.3, 0.4) is 0 Å². The molecule has 0 aromatic heterocycles. The normalized spacial score (nSPS) is 26.5. The van der Waals surface area contributed by atoms with Crippen molar-refractivity contribution in [2.24, 2.45) is 5.73 Å². The second kappa shape index (κ2) is 5.53. The largest absolute Gasteiger partial charge is 0.455 e. The van der Waals surface area contributed by atoms with E-state index in [0.29, 0.717) is 6.42 Å². The van der Waals surface area contributed by atoms with Gasteiger partial charge in [0.15, 0.2) is 0 Å². The Balaban J connectivity index is 2.10. The molecule has 0 saturated heterocycles. The highest BCUT2D eigenvalue weighted by Gasteiger charge is 2.58. The molecule has 0 saturated carbocycles. The number of fused-ring (bicyclic) bond motifs is 1. The molecule has 2 N–H and O–H groups in total. The number of alkyl halides is 5. The van der Waals surface area contributed by atoms with Gasteiger partial charge in [-0.15, -0.1) is 0 Å². The maximum atomic E-state index is 12.9. The maximum Gasteiger partial charge on any atom is 0.455 e. The number of nitrogens with two attached hydrogens (primary N) is 1. The molecule has 1 aromatic carbocycles. The van der Waals surface area contributed by atoms with E-state index in [1.54, 1.807) is 12.1 Å². The molecule has 0 aliphatic heterocycles. The quantitative estimate of drug-likeness (QED) is 0.863. The zero-order valence-corrected chi connectivity index (χ0v) is 11.3. The Bertz CT molecular complexity index is 502. The first-order chi connectivity index (χ1) is 9.63. The minimum atomic E-state index is -5.62. The van der Waals surface area contributed by atoms with Gasteiger partial charge in [-0.2, -0.15) is 22.0 Å². The fourth-order valence-corrected chi connectivity index (χ4v) is 2.55. The van der Waals surface area contributed by atoms with E-state index in [-0.39, 0.29) is 5.92 Å². The van der Waals surface area contributed by atoms with Crippen molar-refractivity contribution >= 4 is 0 Å². The fraction of sp³-hybridized carbons (Fsp3) is 0.571. The van der Waals surface area contributed by atoms with E-state index in [2.05, 4.69) is 0 Å². The molecule has 2 nitrogen and oxygen atoms in total. The van der Waals surface area contributed by atoms with Crippen LogP contribution in [-0.2, 0) is 4.74 Å². The monoisotopic (exact) mass is 309 g/mol. The van der Waals surface area contributed by atoms with Crippen LogP contribution in [0.25, 0.3) is 0 Å². The molecule has 7 heteroatoms. The predicted molar refractivity (Wildman–Crippen MR) is 67.1 cm³/mol. The topological polar surface area (TPSA) is 35.2 Å². The lowest BCUT2D eigenvalue weighted by Crippen LogP contribution is -2.44. The average Bonchev–Trinajstić information content (AvgIpc) is 2.40. The highest BCUT2D eigenvalue weighted by atomic mass is 19.4. The van der Waals surface area contributed by atoms with Crippen molar-refractivity contribution in [3.63, 3.8) is 0 Å². The Morgan fingerprint density at radius 2 is 1.71 bits per heavy atom. The maximum absolute atomic E-state index is 12.9. The summed E-state index contributed by atoms with van der Waals surface area (Å²) in [5.41, 5.74) is 7.65. The Hall–Kier alpha value is -1.21. The summed E-state index contributed by atoms with van der Waals surface area (Å²) in [4.78, 5) is 0. The molecule has 3 unspecified atom stereocenters. The van der Waals surface area contributed by atoms with Gasteiger partial charge in [-0.25, -0.2) is 0 Å². The summed E-state index contributed by atoms with van der Waals surface area (Å²) < 4.78 is 67.1. The number of benzene rings is 1. The van der Waals surface area contributed by atoms with Crippen LogP contribution in [0.4, 0.5) is 22.0 Å².